The van der Waals surface area contributed by atoms with Crippen molar-refractivity contribution in [2.24, 2.45) is 0 Å². The van der Waals surface area contributed by atoms with Gasteiger partial charge in [0.05, 0.1) is 26.9 Å². The Labute approximate surface area is 115 Å². The van der Waals surface area contributed by atoms with Crippen LogP contribution >= 0.6 is 22.9 Å². The molecule has 96 valence electrons. The number of benzene rings is 1. The number of hydrogen-bond acceptors (Lipinski definition) is 4. The summed E-state index contributed by atoms with van der Waals surface area (Å²) in [5, 5.41) is 5.19. The molecule has 3 rings (SSSR count). The van der Waals surface area contributed by atoms with E-state index in [1.165, 1.54) is 0 Å². The van der Waals surface area contributed by atoms with Gasteiger partial charge in [-0.1, -0.05) is 29.0 Å². The van der Waals surface area contributed by atoms with Crippen LogP contribution in [0.2, 0.25) is 5.02 Å². The van der Waals surface area contributed by atoms with E-state index in [2.05, 4.69) is 24.1 Å². The van der Waals surface area contributed by atoms with E-state index in [4.69, 9.17) is 16.3 Å². The Hall–Kier alpha value is -0.840. The van der Waals surface area contributed by atoms with Crippen LogP contribution in [0, 0.1) is 0 Å². The summed E-state index contributed by atoms with van der Waals surface area (Å²) in [6.45, 7) is 5.08. The zero-order valence-corrected chi connectivity index (χ0v) is 11.9. The number of rotatable bonds is 2. The highest BCUT2D eigenvalue weighted by atomic mass is 35.5. The van der Waals surface area contributed by atoms with E-state index >= 15 is 0 Å². The molecule has 2 aromatic rings. The van der Waals surface area contributed by atoms with Crippen LogP contribution in [0.4, 0.5) is 5.13 Å². The third-order valence-electron chi connectivity index (χ3n) is 3.65. The van der Waals surface area contributed by atoms with Gasteiger partial charge in [-0.15, -0.1) is 0 Å². The number of fused-ring (bicyclic) bond motifs is 1. The number of hydrogen-bond donors (Lipinski definition) is 1. The molecule has 1 aliphatic rings. The van der Waals surface area contributed by atoms with Crippen molar-refractivity contribution in [3.63, 3.8) is 0 Å². The Balaban J connectivity index is 1.93. The monoisotopic (exact) mass is 282 g/mol. The predicted octanol–water partition coefficient (Wildman–Crippen LogP) is 3.93. The largest absolute Gasteiger partial charge is 0.376 e. The number of halogens is 1. The molecule has 1 aliphatic heterocycles. The third-order valence-corrected chi connectivity index (χ3v) is 5.09. The maximum atomic E-state index is 6.17. The van der Waals surface area contributed by atoms with Gasteiger partial charge in [-0.3, -0.25) is 0 Å². The Bertz CT molecular complexity index is 585. The fraction of sp³-hybridized carbons (Fsp3) is 0.462. The molecule has 1 aromatic heterocycles. The summed E-state index contributed by atoms with van der Waals surface area (Å²) in [7, 11) is 0. The van der Waals surface area contributed by atoms with Gasteiger partial charge in [0, 0.05) is 6.61 Å². The van der Waals surface area contributed by atoms with E-state index < -0.39 is 0 Å². The second kappa shape index (κ2) is 4.37. The van der Waals surface area contributed by atoms with Crippen LogP contribution in [0.5, 0.6) is 0 Å². The molecule has 1 fully saturated rings. The average Bonchev–Trinajstić information content (AvgIpc) is 2.85. The summed E-state index contributed by atoms with van der Waals surface area (Å²) in [6.07, 6.45) is 1.19. The Morgan fingerprint density at radius 3 is 3.06 bits per heavy atom. The van der Waals surface area contributed by atoms with Crippen LogP contribution in [-0.2, 0) is 4.74 Å². The molecular weight excluding hydrogens is 268 g/mol. The first-order valence-electron chi connectivity index (χ1n) is 6.03. The van der Waals surface area contributed by atoms with E-state index in [-0.39, 0.29) is 11.6 Å². The summed E-state index contributed by atoms with van der Waals surface area (Å²) < 4.78 is 6.67. The van der Waals surface area contributed by atoms with Crippen molar-refractivity contribution in [3.8, 4) is 0 Å². The van der Waals surface area contributed by atoms with Crippen molar-refractivity contribution < 1.29 is 4.74 Å². The lowest BCUT2D eigenvalue weighted by Crippen LogP contribution is -2.41. The average molecular weight is 283 g/mol. The minimum absolute atomic E-state index is 0.0413. The molecular formula is C13H15ClN2OS. The molecule has 0 spiro atoms. The van der Waals surface area contributed by atoms with Gasteiger partial charge in [0.2, 0.25) is 0 Å². The normalized spacial score (nSPS) is 27.8. The SMILES string of the molecule is CC1OCCC1(C)Nc1nc2cccc(Cl)c2s1. The van der Waals surface area contributed by atoms with Crippen molar-refractivity contribution in [3.05, 3.63) is 23.2 Å². The van der Waals surface area contributed by atoms with Crippen molar-refractivity contribution in [2.75, 3.05) is 11.9 Å². The molecule has 0 bridgehead atoms. The molecule has 0 amide bonds. The van der Waals surface area contributed by atoms with Gasteiger partial charge in [-0.25, -0.2) is 4.98 Å². The molecule has 0 radical (unpaired) electrons. The number of nitrogens with one attached hydrogen (secondary N) is 1. The van der Waals surface area contributed by atoms with E-state index in [9.17, 15) is 0 Å². The fourth-order valence-corrected chi connectivity index (χ4v) is 3.50. The van der Waals surface area contributed by atoms with E-state index in [0.29, 0.717) is 0 Å². The van der Waals surface area contributed by atoms with Crippen molar-refractivity contribution >= 4 is 38.3 Å². The Morgan fingerprint density at radius 2 is 2.39 bits per heavy atom. The molecule has 2 heterocycles. The maximum absolute atomic E-state index is 6.17. The number of aromatic nitrogens is 1. The lowest BCUT2D eigenvalue weighted by Gasteiger charge is -2.28. The molecule has 1 saturated heterocycles. The van der Waals surface area contributed by atoms with Crippen LogP contribution in [0.25, 0.3) is 10.2 Å². The second-order valence-electron chi connectivity index (χ2n) is 4.91. The molecule has 0 saturated carbocycles. The van der Waals surface area contributed by atoms with Gasteiger partial charge >= 0.3 is 0 Å². The van der Waals surface area contributed by atoms with Crippen LogP contribution in [0.3, 0.4) is 0 Å². The van der Waals surface area contributed by atoms with Crippen LogP contribution in [0.15, 0.2) is 18.2 Å². The quantitative estimate of drug-likeness (QED) is 0.906. The van der Waals surface area contributed by atoms with Crippen molar-refractivity contribution in [1.82, 2.24) is 4.98 Å². The summed E-state index contributed by atoms with van der Waals surface area (Å²) in [5.41, 5.74) is 0.908. The fourth-order valence-electron chi connectivity index (χ4n) is 2.21. The lowest BCUT2D eigenvalue weighted by atomic mass is 9.95. The Kier molecular flexibility index (Phi) is 2.96. The highest BCUT2D eigenvalue weighted by molar-refractivity contribution is 7.22. The second-order valence-corrected chi connectivity index (χ2v) is 6.32. The zero-order chi connectivity index (χ0) is 12.8. The molecule has 2 atom stereocenters. The summed E-state index contributed by atoms with van der Waals surface area (Å²) in [4.78, 5) is 4.58. The van der Waals surface area contributed by atoms with Gasteiger partial charge in [-0.2, -0.15) is 0 Å². The minimum atomic E-state index is -0.0413. The lowest BCUT2D eigenvalue weighted by molar-refractivity contribution is 0.105. The molecule has 5 heteroatoms. The van der Waals surface area contributed by atoms with Crippen LogP contribution < -0.4 is 5.32 Å². The van der Waals surface area contributed by atoms with Gasteiger partial charge in [-0.05, 0) is 32.4 Å². The molecule has 0 aliphatic carbocycles. The molecule has 18 heavy (non-hydrogen) atoms. The first-order chi connectivity index (χ1) is 8.58. The highest BCUT2D eigenvalue weighted by Gasteiger charge is 2.37. The van der Waals surface area contributed by atoms with Gasteiger partial charge < -0.3 is 10.1 Å². The highest BCUT2D eigenvalue weighted by Crippen LogP contribution is 2.35. The standard InChI is InChI=1S/C13H15ClN2OS/c1-8-13(2,6-7-17-8)16-12-15-10-5-3-4-9(14)11(10)18-12/h3-5,8H,6-7H2,1-2H3,(H,15,16). The van der Waals surface area contributed by atoms with Crippen LogP contribution in [-0.4, -0.2) is 23.2 Å². The van der Waals surface area contributed by atoms with Crippen LogP contribution in [0.1, 0.15) is 20.3 Å². The smallest absolute Gasteiger partial charge is 0.184 e. The molecule has 1 N–H and O–H groups in total. The number of nitrogens with zero attached hydrogens (tertiary/aromatic N) is 1. The minimum Gasteiger partial charge on any atom is -0.376 e. The topological polar surface area (TPSA) is 34.1 Å². The predicted molar refractivity (Wildman–Crippen MR) is 76.7 cm³/mol. The third kappa shape index (κ3) is 1.98. The Morgan fingerprint density at radius 1 is 1.56 bits per heavy atom. The van der Waals surface area contributed by atoms with Crippen molar-refractivity contribution in [1.29, 1.82) is 0 Å². The summed E-state index contributed by atoms with van der Waals surface area (Å²) >= 11 is 7.77. The molecule has 3 nitrogen and oxygen atoms in total. The maximum Gasteiger partial charge on any atom is 0.184 e. The first-order valence-corrected chi connectivity index (χ1v) is 7.23. The number of ether oxygens (including phenoxy) is 1. The van der Waals surface area contributed by atoms with Gasteiger partial charge in [0.15, 0.2) is 5.13 Å². The number of anilines is 1. The summed E-state index contributed by atoms with van der Waals surface area (Å²) in [6, 6.07) is 5.81. The first kappa shape index (κ1) is 12.2. The molecule has 1 aromatic carbocycles. The van der Waals surface area contributed by atoms with E-state index in [1.54, 1.807) is 11.3 Å². The zero-order valence-electron chi connectivity index (χ0n) is 10.4. The van der Waals surface area contributed by atoms with Gasteiger partial charge in [0.1, 0.15) is 0 Å². The summed E-state index contributed by atoms with van der Waals surface area (Å²) in [5.74, 6) is 0. The van der Waals surface area contributed by atoms with E-state index in [0.717, 1.165) is 33.4 Å². The van der Waals surface area contributed by atoms with Gasteiger partial charge in [0.25, 0.3) is 0 Å². The van der Waals surface area contributed by atoms with Crippen molar-refractivity contribution in [2.45, 2.75) is 31.9 Å². The number of thiazole rings is 1. The van der Waals surface area contributed by atoms with E-state index in [1.807, 2.05) is 18.2 Å². The molecule has 2 unspecified atom stereocenters.